The van der Waals surface area contributed by atoms with Crippen molar-refractivity contribution in [2.45, 2.75) is 46.3 Å². The van der Waals surface area contributed by atoms with Crippen molar-refractivity contribution in [2.75, 3.05) is 20.3 Å². The Kier molecular flexibility index (Phi) is 7.10. The fourth-order valence-electron chi connectivity index (χ4n) is 2.17. The van der Waals surface area contributed by atoms with E-state index >= 15 is 0 Å². The van der Waals surface area contributed by atoms with Crippen LogP contribution in [0.25, 0.3) is 0 Å². The summed E-state index contributed by atoms with van der Waals surface area (Å²) in [6, 6.07) is 0. The van der Waals surface area contributed by atoms with Gasteiger partial charge in [0.2, 0.25) is 0 Å². The Bertz CT molecular complexity index is 309. The standard InChI is InChI=1S/C15H26O4/c1-5-13(16)9-14(10-17-4)19-15-8-12(11(2)3)6-7-18-15/h9,11-12,15H,5-8,10H2,1-4H3. The zero-order chi connectivity index (χ0) is 14.3. The highest BCUT2D eigenvalue weighted by Gasteiger charge is 2.26. The van der Waals surface area contributed by atoms with Crippen LogP contribution in [0, 0.1) is 11.8 Å². The van der Waals surface area contributed by atoms with E-state index in [-0.39, 0.29) is 12.1 Å². The van der Waals surface area contributed by atoms with Gasteiger partial charge in [0.15, 0.2) is 12.1 Å². The van der Waals surface area contributed by atoms with Crippen LogP contribution >= 0.6 is 0 Å². The van der Waals surface area contributed by atoms with E-state index in [1.165, 1.54) is 6.08 Å². The van der Waals surface area contributed by atoms with Crippen LogP contribution in [-0.2, 0) is 19.0 Å². The van der Waals surface area contributed by atoms with Gasteiger partial charge in [-0.25, -0.2) is 0 Å². The van der Waals surface area contributed by atoms with Crippen LogP contribution in [0.5, 0.6) is 0 Å². The lowest BCUT2D eigenvalue weighted by Crippen LogP contribution is -2.30. The number of ketones is 1. The van der Waals surface area contributed by atoms with E-state index in [0.29, 0.717) is 30.6 Å². The summed E-state index contributed by atoms with van der Waals surface area (Å²) in [5.41, 5.74) is 0. The Balaban J connectivity index is 2.58. The average Bonchev–Trinajstić information content (AvgIpc) is 2.39. The molecule has 1 rings (SSSR count). The van der Waals surface area contributed by atoms with Gasteiger partial charge in [-0.3, -0.25) is 4.79 Å². The zero-order valence-electron chi connectivity index (χ0n) is 12.5. The highest BCUT2D eigenvalue weighted by atomic mass is 16.7. The summed E-state index contributed by atoms with van der Waals surface area (Å²) in [4.78, 5) is 11.5. The number of hydrogen-bond acceptors (Lipinski definition) is 4. The first-order chi connectivity index (χ1) is 9.06. The Morgan fingerprint density at radius 1 is 1.47 bits per heavy atom. The number of carbonyl (C=O) groups is 1. The van der Waals surface area contributed by atoms with Gasteiger partial charge in [-0.15, -0.1) is 0 Å². The molecule has 0 amide bonds. The molecule has 0 spiro atoms. The fraction of sp³-hybridized carbons (Fsp3) is 0.800. The van der Waals surface area contributed by atoms with Gasteiger partial charge in [-0.2, -0.15) is 0 Å². The molecule has 0 bridgehead atoms. The lowest BCUT2D eigenvalue weighted by atomic mass is 9.88. The highest BCUT2D eigenvalue weighted by molar-refractivity contribution is 5.89. The van der Waals surface area contributed by atoms with Gasteiger partial charge in [0.25, 0.3) is 0 Å². The topological polar surface area (TPSA) is 44.8 Å². The van der Waals surface area contributed by atoms with Crippen LogP contribution in [0.1, 0.15) is 40.0 Å². The fourth-order valence-corrected chi connectivity index (χ4v) is 2.17. The maximum absolute atomic E-state index is 11.5. The maximum Gasteiger partial charge on any atom is 0.199 e. The highest BCUT2D eigenvalue weighted by Crippen LogP contribution is 2.28. The first-order valence-corrected chi connectivity index (χ1v) is 7.07. The molecule has 19 heavy (non-hydrogen) atoms. The Morgan fingerprint density at radius 3 is 2.79 bits per heavy atom. The Morgan fingerprint density at radius 2 is 2.21 bits per heavy atom. The summed E-state index contributed by atoms with van der Waals surface area (Å²) in [5.74, 6) is 1.85. The molecule has 0 saturated carbocycles. The molecule has 1 aliphatic rings. The van der Waals surface area contributed by atoms with E-state index in [2.05, 4.69) is 13.8 Å². The largest absolute Gasteiger partial charge is 0.467 e. The smallest absolute Gasteiger partial charge is 0.199 e. The SMILES string of the molecule is CCC(=O)C=C(COC)OC1CC(C(C)C)CCO1. The van der Waals surface area contributed by atoms with Gasteiger partial charge in [-0.1, -0.05) is 20.8 Å². The van der Waals surface area contributed by atoms with Gasteiger partial charge < -0.3 is 14.2 Å². The van der Waals surface area contributed by atoms with Crippen LogP contribution in [0.4, 0.5) is 0 Å². The molecule has 0 aromatic heterocycles. The van der Waals surface area contributed by atoms with E-state index in [1.807, 2.05) is 6.92 Å². The van der Waals surface area contributed by atoms with Crippen LogP contribution < -0.4 is 0 Å². The second kappa shape index (κ2) is 8.33. The van der Waals surface area contributed by atoms with E-state index < -0.39 is 0 Å². The molecular weight excluding hydrogens is 244 g/mol. The first-order valence-electron chi connectivity index (χ1n) is 7.07. The molecule has 1 fully saturated rings. The normalized spacial score (nSPS) is 24.6. The molecule has 1 saturated heterocycles. The van der Waals surface area contributed by atoms with E-state index in [0.717, 1.165) is 19.4 Å². The van der Waals surface area contributed by atoms with Crippen LogP contribution in [0.15, 0.2) is 11.8 Å². The van der Waals surface area contributed by atoms with Gasteiger partial charge in [0.1, 0.15) is 12.4 Å². The van der Waals surface area contributed by atoms with Crippen LogP contribution in [0.3, 0.4) is 0 Å². The average molecular weight is 270 g/mol. The van der Waals surface area contributed by atoms with Crippen LogP contribution in [0.2, 0.25) is 0 Å². The van der Waals surface area contributed by atoms with Gasteiger partial charge >= 0.3 is 0 Å². The zero-order valence-corrected chi connectivity index (χ0v) is 12.5. The summed E-state index contributed by atoms with van der Waals surface area (Å²) in [6.45, 7) is 7.29. The number of rotatable bonds is 7. The third kappa shape index (κ3) is 5.74. The molecule has 0 aromatic carbocycles. The van der Waals surface area contributed by atoms with Crippen molar-refractivity contribution in [3.05, 3.63) is 11.8 Å². The van der Waals surface area contributed by atoms with Crippen molar-refractivity contribution < 1.29 is 19.0 Å². The Labute approximate surface area is 116 Å². The summed E-state index contributed by atoms with van der Waals surface area (Å²) >= 11 is 0. The van der Waals surface area contributed by atoms with Crippen molar-refractivity contribution in [1.29, 1.82) is 0 Å². The van der Waals surface area contributed by atoms with Crippen molar-refractivity contribution in [3.8, 4) is 0 Å². The first kappa shape index (κ1) is 16.2. The number of carbonyl (C=O) groups excluding carboxylic acids is 1. The summed E-state index contributed by atoms with van der Waals surface area (Å²) in [5, 5.41) is 0. The Hall–Kier alpha value is -0.870. The molecule has 4 heteroatoms. The van der Waals surface area contributed by atoms with Gasteiger partial charge in [0.05, 0.1) is 6.61 Å². The van der Waals surface area contributed by atoms with E-state index in [1.54, 1.807) is 7.11 Å². The van der Waals surface area contributed by atoms with E-state index in [4.69, 9.17) is 14.2 Å². The molecule has 4 nitrogen and oxygen atoms in total. The monoisotopic (exact) mass is 270 g/mol. The molecule has 0 radical (unpaired) electrons. The van der Waals surface area contributed by atoms with Crippen molar-refractivity contribution >= 4 is 5.78 Å². The molecule has 0 aromatic rings. The van der Waals surface area contributed by atoms with Crippen LogP contribution in [-0.4, -0.2) is 32.4 Å². The lowest BCUT2D eigenvalue weighted by molar-refractivity contribution is -0.161. The van der Waals surface area contributed by atoms with Gasteiger partial charge in [-0.05, 0) is 18.3 Å². The summed E-state index contributed by atoms with van der Waals surface area (Å²) in [7, 11) is 1.59. The minimum atomic E-state index is -0.257. The molecule has 0 N–H and O–H groups in total. The summed E-state index contributed by atoms with van der Waals surface area (Å²) in [6.07, 6.45) is 3.68. The molecule has 0 aliphatic carbocycles. The van der Waals surface area contributed by atoms with Crippen molar-refractivity contribution in [1.82, 2.24) is 0 Å². The number of allylic oxidation sites excluding steroid dienone is 1. The number of ether oxygens (including phenoxy) is 3. The lowest BCUT2D eigenvalue weighted by Gasteiger charge is -2.32. The second-order valence-electron chi connectivity index (χ2n) is 5.31. The van der Waals surface area contributed by atoms with Crippen molar-refractivity contribution in [3.63, 3.8) is 0 Å². The minimum Gasteiger partial charge on any atom is -0.467 e. The predicted molar refractivity (Wildman–Crippen MR) is 73.6 cm³/mol. The quantitative estimate of drug-likeness (QED) is 0.527. The molecule has 110 valence electrons. The third-order valence-corrected chi connectivity index (χ3v) is 3.47. The van der Waals surface area contributed by atoms with Gasteiger partial charge in [0, 0.05) is 26.0 Å². The maximum atomic E-state index is 11.5. The predicted octanol–water partition coefficient (Wildman–Crippen LogP) is 2.92. The number of methoxy groups -OCH3 is 1. The molecular formula is C15H26O4. The molecule has 2 atom stereocenters. The second-order valence-corrected chi connectivity index (χ2v) is 5.31. The third-order valence-electron chi connectivity index (χ3n) is 3.47. The van der Waals surface area contributed by atoms with E-state index in [9.17, 15) is 4.79 Å². The number of hydrogen-bond donors (Lipinski definition) is 0. The minimum absolute atomic E-state index is 0.0447. The van der Waals surface area contributed by atoms with Crippen molar-refractivity contribution in [2.24, 2.45) is 11.8 Å². The molecule has 2 unspecified atom stereocenters. The molecule has 1 aliphatic heterocycles. The summed E-state index contributed by atoms with van der Waals surface area (Å²) < 4.78 is 16.5. The molecule has 1 heterocycles.